The Balaban J connectivity index is 2.29. The van der Waals surface area contributed by atoms with Crippen LogP contribution in [-0.4, -0.2) is 24.8 Å². The van der Waals surface area contributed by atoms with Gasteiger partial charge in [0.05, 0.1) is 15.8 Å². The summed E-state index contributed by atoms with van der Waals surface area (Å²) in [5.41, 5.74) is 0.907. The summed E-state index contributed by atoms with van der Waals surface area (Å²) in [6.45, 7) is 5.38. The van der Waals surface area contributed by atoms with Crippen LogP contribution in [0, 0.1) is 0 Å². The normalized spacial score (nSPS) is 11.1. The van der Waals surface area contributed by atoms with Crippen molar-refractivity contribution in [2.24, 2.45) is 0 Å². The molecular weight excluding hydrogens is 438 g/mol. The molecule has 2 rings (SSSR count). The van der Waals surface area contributed by atoms with E-state index in [9.17, 15) is 9.59 Å². The zero-order valence-corrected chi connectivity index (χ0v) is 18.1. The highest BCUT2D eigenvalue weighted by Gasteiger charge is 2.26. The molecule has 1 amide bonds. The number of ether oxygens (including phenoxy) is 2. The van der Waals surface area contributed by atoms with E-state index < -0.39 is 17.7 Å². The number of nitrogens with one attached hydrogen (secondary N) is 1. The molecule has 0 unspecified atom stereocenters. The quantitative estimate of drug-likeness (QED) is 0.444. The fourth-order valence-corrected chi connectivity index (χ4v) is 5.17. The molecule has 1 aromatic heterocycles. The summed E-state index contributed by atoms with van der Waals surface area (Å²) in [6.07, 6.45) is -0.566. The van der Waals surface area contributed by atoms with Gasteiger partial charge in [-0.25, -0.2) is 9.59 Å². The standard InChI is InChI=1S/C18H20BrNO4S2/c1-18(2,3)24-17(22)20-15-13(12(14(19)26-15)16(21)23-4)25-10-11-8-6-5-7-9-11/h5-9H,10H2,1-4H3,(H,20,22). The smallest absolute Gasteiger partial charge is 0.412 e. The van der Waals surface area contributed by atoms with Gasteiger partial charge in [-0.15, -0.1) is 23.1 Å². The lowest BCUT2D eigenvalue weighted by Gasteiger charge is -2.19. The second kappa shape index (κ2) is 8.92. The van der Waals surface area contributed by atoms with Crippen LogP contribution in [-0.2, 0) is 15.2 Å². The Morgan fingerprint density at radius 1 is 1.23 bits per heavy atom. The van der Waals surface area contributed by atoms with E-state index in [1.54, 1.807) is 20.8 Å². The number of thioether (sulfide) groups is 1. The molecule has 0 aliphatic heterocycles. The molecule has 1 N–H and O–H groups in total. The second-order valence-electron chi connectivity index (χ2n) is 6.30. The van der Waals surface area contributed by atoms with Crippen molar-refractivity contribution >= 4 is 56.1 Å². The summed E-state index contributed by atoms with van der Waals surface area (Å²) in [6, 6.07) is 9.88. The van der Waals surface area contributed by atoms with E-state index in [1.807, 2.05) is 30.3 Å². The molecule has 0 spiro atoms. The van der Waals surface area contributed by atoms with Crippen molar-refractivity contribution in [3.8, 4) is 0 Å². The molecule has 8 heteroatoms. The van der Waals surface area contributed by atoms with Crippen molar-refractivity contribution in [3.63, 3.8) is 0 Å². The number of methoxy groups -OCH3 is 1. The number of esters is 1. The molecule has 5 nitrogen and oxygen atoms in total. The van der Waals surface area contributed by atoms with E-state index in [2.05, 4.69) is 21.2 Å². The van der Waals surface area contributed by atoms with Gasteiger partial charge >= 0.3 is 12.1 Å². The molecule has 0 aliphatic carbocycles. The Labute approximate surface area is 169 Å². The number of amides is 1. The zero-order chi connectivity index (χ0) is 19.3. The highest BCUT2D eigenvalue weighted by atomic mass is 79.9. The van der Waals surface area contributed by atoms with E-state index in [1.165, 1.54) is 30.2 Å². The average Bonchev–Trinajstić information content (AvgIpc) is 2.86. The third-order valence-corrected chi connectivity index (χ3v) is 6.13. The number of thiophene rings is 1. The highest BCUT2D eigenvalue weighted by Crippen LogP contribution is 2.44. The fourth-order valence-electron chi connectivity index (χ4n) is 2.01. The molecule has 26 heavy (non-hydrogen) atoms. The summed E-state index contributed by atoms with van der Waals surface area (Å²) < 4.78 is 10.8. The minimum Gasteiger partial charge on any atom is -0.465 e. The molecule has 1 heterocycles. The lowest BCUT2D eigenvalue weighted by atomic mass is 10.2. The van der Waals surface area contributed by atoms with E-state index in [4.69, 9.17) is 9.47 Å². The van der Waals surface area contributed by atoms with E-state index in [0.717, 1.165) is 5.56 Å². The van der Waals surface area contributed by atoms with E-state index in [0.29, 0.717) is 25.0 Å². The van der Waals surface area contributed by atoms with E-state index in [-0.39, 0.29) is 0 Å². The first-order chi connectivity index (χ1) is 12.2. The SMILES string of the molecule is COC(=O)c1c(Br)sc(NC(=O)OC(C)(C)C)c1SCc1ccccc1. The molecule has 0 radical (unpaired) electrons. The van der Waals surface area contributed by atoms with Crippen LogP contribution in [0.5, 0.6) is 0 Å². The number of carbonyl (C=O) groups excluding carboxylic acids is 2. The first-order valence-electron chi connectivity index (χ1n) is 7.78. The molecular formula is C18H20BrNO4S2. The van der Waals surface area contributed by atoms with Crippen molar-refractivity contribution in [2.75, 3.05) is 12.4 Å². The molecule has 1 aromatic carbocycles. The first kappa shape index (κ1) is 20.8. The summed E-state index contributed by atoms with van der Waals surface area (Å²) in [5.74, 6) is 0.192. The van der Waals surface area contributed by atoms with E-state index >= 15 is 0 Å². The number of anilines is 1. The molecule has 2 aromatic rings. The van der Waals surface area contributed by atoms with Gasteiger partial charge in [0, 0.05) is 5.75 Å². The van der Waals surface area contributed by atoms with Crippen LogP contribution in [0.4, 0.5) is 9.80 Å². The largest absolute Gasteiger partial charge is 0.465 e. The summed E-state index contributed by atoms with van der Waals surface area (Å²) >= 11 is 6.12. The highest BCUT2D eigenvalue weighted by molar-refractivity contribution is 9.11. The number of hydrogen-bond acceptors (Lipinski definition) is 6. The van der Waals surface area contributed by atoms with Gasteiger partial charge in [0.1, 0.15) is 16.2 Å². The number of benzene rings is 1. The Morgan fingerprint density at radius 3 is 2.46 bits per heavy atom. The monoisotopic (exact) mass is 457 g/mol. The van der Waals surface area contributed by atoms with Gasteiger partial charge in [0.2, 0.25) is 0 Å². The molecule has 0 bridgehead atoms. The van der Waals surface area contributed by atoms with Gasteiger partial charge in [0.15, 0.2) is 0 Å². The van der Waals surface area contributed by atoms with Gasteiger partial charge in [0.25, 0.3) is 0 Å². The van der Waals surface area contributed by atoms with Crippen LogP contribution in [0.25, 0.3) is 0 Å². The number of halogens is 1. The van der Waals surface area contributed by atoms with Crippen molar-refractivity contribution in [1.82, 2.24) is 0 Å². The lowest BCUT2D eigenvalue weighted by Crippen LogP contribution is -2.27. The minimum atomic E-state index is -0.610. The Hall–Kier alpha value is -1.51. The van der Waals surface area contributed by atoms with Crippen molar-refractivity contribution < 1.29 is 19.1 Å². The third-order valence-electron chi connectivity index (χ3n) is 3.05. The maximum Gasteiger partial charge on any atom is 0.412 e. The van der Waals surface area contributed by atoms with Crippen LogP contribution in [0.1, 0.15) is 36.7 Å². The summed E-state index contributed by atoms with van der Waals surface area (Å²) in [5, 5.41) is 3.29. The first-order valence-corrected chi connectivity index (χ1v) is 10.4. The number of carbonyl (C=O) groups is 2. The molecule has 0 atom stereocenters. The Bertz CT molecular complexity index is 784. The number of hydrogen-bond donors (Lipinski definition) is 1. The minimum absolute atomic E-state index is 0.407. The Kier molecular flexibility index (Phi) is 7.14. The second-order valence-corrected chi connectivity index (χ2v) is 9.63. The van der Waals surface area contributed by atoms with Crippen molar-refractivity contribution in [1.29, 1.82) is 0 Å². The molecule has 0 aliphatic rings. The van der Waals surface area contributed by atoms with Crippen LogP contribution < -0.4 is 5.32 Å². The molecule has 0 fully saturated rings. The van der Waals surface area contributed by atoms with Gasteiger partial charge in [-0.3, -0.25) is 5.32 Å². The fraction of sp³-hybridized carbons (Fsp3) is 0.333. The average molecular weight is 458 g/mol. The molecule has 140 valence electrons. The molecule has 0 saturated carbocycles. The zero-order valence-electron chi connectivity index (χ0n) is 14.9. The molecule has 0 saturated heterocycles. The van der Waals surface area contributed by atoms with Crippen LogP contribution in [0.2, 0.25) is 0 Å². The summed E-state index contributed by atoms with van der Waals surface area (Å²) in [4.78, 5) is 25.0. The van der Waals surface area contributed by atoms with Gasteiger partial charge in [-0.2, -0.15) is 0 Å². The van der Waals surface area contributed by atoms with Crippen molar-refractivity contribution in [3.05, 3.63) is 45.2 Å². The predicted molar refractivity (Wildman–Crippen MR) is 109 cm³/mol. The van der Waals surface area contributed by atoms with Gasteiger partial charge in [-0.1, -0.05) is 30.3 Å². The predicted octanol–water partition coefficient (Wildman–Crippen LogP) is 5.94. The number of rotatable bonds is 5. The third kappa shape index (κ3) is 5.75. The maximum absolute atomic E-state index is 12.2. The Morgan fingerprint density at radius 2 is 1.88 bits per heavy atom. The summed E-state index contributed by atoms with van der Waals surface area (Å²) in [7, 11) is 1.33. The topological polar surface area (TPSA) is 64.6 Å². The van der Waals surface area contributed by atoms with Gasteiger partial charge < -0.3 is 9.47 Å². The van der Waals surface area contributed by atoms with Gasteiger partial charge in [-0.05, 0) is 42.3 Å². The lowest BCUT2D eigenvalue weighted by molar-refractivity contribution is 0.0592. The van der Waals surface area contributed by atoms with Crippen LogP contribution in [0.15, 0.2) is 39.0 Å². The van der Waals surface area contributed by atoms with Crippen LogP contribution in [0.3, 0.4) is 0 Å². The van der Waals surface area contributed by atoms with Crippen LogP contribution >= 0.6 is 39.0 Å². The maximum atomic E-state index is 12.2. The van der Waals surface area contributed by atoms with Crippen molar-refractivity contribution in [2.45, 2.75) is 37.0 Å².